The zero-order valence-corrected chi connectivity index (χ0v) is 8.29. The van der Waals surface area contributed by atoms with E-state index in [4.69, 9.17) is 5.11 Å². The van der Waals surface area contributed by atoms with Gasteiger partial charge in [-0.2, -0.15) is 0 Å². The molecule has 2 nitrogen and oxygen atoms in total. The molecule has 1 aliphatic heterocycles. The lowest BCUT2D eigenvalue weighted by molar-refractivity contribution is 0.121. The maximum atomic E-state index is 9.11. The molecule has 0 bridgehead atoms. The molecule has 0 saturated carbocycles. The van der Waals surface area contributed by atoms with Gasteiger partial charge in [-0.1, -0.05) is 13.3 Å². The van der Waals surface area contributed by atoms with Gasteiger partial charge < -0.3 is 5.11 Å². The second-order valence-electron chi connectivity index (χ2n) is 3.85. The van der Waals surface area contributed by atoms with Crippen molar-refractivity contribution in [1.82, 2.24) is 4.90 Å². The maximum Gasteiger partial charge on any atom is 0.0586 e. The Morgan fingerprint density at radius 2 is 2.33 bits per heavy atom. The predicted molar refractivity (Wildman–Crippen MR) is 51.2 cm³/mol. The first-order chi connectivity index (χ1) is 5.79. The first-order valence-electron chi connectivity index (χ1n) is 5.16. The van der Waals surface area contributed by atoms with Crippen molar-refractivity contribution in [3.05, 3.63) is 0 Å². The van der Waals surface area contributed by atoms with Crippen molar-refractivity contribution in [1.29, 1.82) is 0 Å². The van der Waals surface area contributed by atoms with Crippen LogP contribution in [0.5, 0.6) is 0 Å². The molecule has 0 radical (unpaired) electrons. The van der Waals surface area contributed by atoms with Gasteiger partial charge in [-0.25, -0.2) is 0 Å². The smallest absolute Gasteiger partial charge is 0.0586 e. The zero-order valence-electron chi connectivity index (χ0n) is 8.29. The highest BCUT2D eigenvalue weighted by Gasteiger charge is 2.26. The van der Waals surface area contributed by atoms with Gasteiger partial charge >= 0.3 is 0 Å². The van der Waals surface area contributed by atoms with Crippen LogP contribution in [0.15, 0.2) is 0 Å². The quantitative estimate of drug-likeness (QED) is 0.695. The fourth-order valence-electron chi connectivity index (χ4n) is 2.22. The minimum absolute atomic E-state index is 0.341. The summed E-state index contributed by atoms with van der Waals surface area (Å²) in [5.74, 6) is 0. The van der Waals surface area contributed by atoms with Gasteiger partial charge in [0.1, 0.15) is 0 Å². The number of nitrogens with zero attached hydrogens (tertiary/aromatic N) is 1. The zero-order chi connectivity index (χ0) is 8.97. The molecule has 1 saturated heterocycles. The molecule has 2 unspecified atom stereocenters. The van der Waals surface area contributed by atoms with E-state index in [1.54, 1.807) is 0 Å². The van der Waals surface area contributed by atoms with Crippen LogP contribution < -0.4 is 0 Å². The van der Waals surface area contributed by atoms with Gasteiger partial charge in [0.25, 0.3) is 0 Å². The Bertz CT molecular complexity index is 127. The van der Waals surface area contributed by atoms with E-state index in [0.29, 0.717) is 18.7 Å². The van der Waals surface area contributed by atoms with Gasteiger partial charge in [-0.3, -0.25) is 4.90 Å². The minimum atomic E-state index is 0.341. The number of rotatable bonds is 4. The van der Waals surface area contributed by atoms with Gasteiger partial charge in [0.05, 0.1) is 6.61 Å². The second-order valence-corrected chi connectivity index (χ2v) is 3.85. The van der Waals surface area contributed by atoms with Crippen LogP contribution in [-0.2, 0) is 0 Å². The first-order valence-corrected chi connectivity index (χ1v) is 5.16. The highest BCUT2D eigenvalue weighted by molar-refractivity contribution is 4.82. The van der Waals surface area contributed by atoms with E-state index in [1.807, 2.05) is 0 Å². The second kappa shape index (κ2) is 4.83. The molecular weight excluding hydrogens is 150 g/mol. The molecule has 2 atom stereocenters. The van der Waals surface area contributed by atoms with E-state index in [1.165, 1.54) is 32.2 Å². The molecule has 12 heavy (non-hydrogen) atoms. The van der Waals surface area contributed by atoms with Crippen molar-refractivity contribution in [2.45, 2.75) is 51.6 Å². The van der Waals surface area contributed by atoms with Crippen molar-refractivity contribution in [2.24, 2.45) is 0 Å². The van der Waals surface area contributed by atoms with Crippen molar-refractivity contribution in [2.75, 3.05) is 13.2 Å². The summed E-state index contributed by atoms with van der Waals surface area (Å²) in [4.78, 5) is 2.46. The molecule has 2 heteroatoms. The fourth-order valence-corrected chi connectivity index (χ4v) is 2.22. The summed E-state index contributed by atoms with van der Waals surface area (Å²) in [6.07, 6.45) is 4.95. The molecular formula is C10H21NO. The van der Waals surface area contributed by atoms with Crippen LogP contribution in [0.1, 0.15) is 39.5 Å². The summed E-state index contributed by atoms with van der Waals surface area (Å²) in [6, 6.07) is 1.11. The van der Waals surface area contributed by atoms with E-state index in [-0.39, 0.29) is 0 Å². The maximum absolute atomic E-state index is 9.11. The minimum Gasteiger partial charge on any atom is -0.395 e. The Labute approximate surface area is 75.6 Å². The Hall–Kier alpha value is -0.0800. The third-order valence-corrected chi connectivity index (χ3v) is 2.91. The fraction of sp³-hybridized carbons (Fsp3) is 1.00. The van der Waals surface area contributed by atoms with Crippen LogP contribution in [0, 0.1) is 0 Å². The topological polar surface area (TPSA) is 23.5 Å². The molecule has 1 N–H and O–H groups in total. The van der Waals surface area contributed by atoms with Crippen LogP contribution in [0.3, 0.4) is 0 Å². The molecule has 0 aromatic carbocycles. The molecule has 72 valence electrons. The van der Waals surface area contributed by atoms with E-state index in [0.717, 1.165) is 0 Å². The van der Waals surface area contributed by atoms with E-state index < -0.39 is 0 Å². The van der Waals surface area contributed by atoms with E-state index in [2.05, 4.69) is 18.7 Å². The van der Waals surface area contributed by atoms with E-state index >= 15 is 0 Å². The van der Waals surface area contributed by atoms with Crippen LogP contribution in [0.2, 0.25) is 0 Å². The molecule has 0 aromatic rings. The molecule has 0 aliphatic carbocycles. The Kier molecular flexibility index (Phi) is 4.02. The third-order valence-electron chi connectivity index (χ3n) is 2.91. The highest BCUT2D eigenvalue weighted by Crippen LogP contribution is 2.21. The van der Waals surface area contributed by atoms with Gasteiger partial charge in [0.15, 0.2) is 0 Å². The largest absolute Gasteiger partial charge is 0.395 e. The monoisotopic (exact) mass is 171 g/mol. The first kappa shape index (κ1) is 10.0. The summed E-state index contributed by atoms with van der Waals surface area (Å²) < 4.78 is 0. The lowest BCUT2D eigenvalue weighted by Crippen LogP contribution is -2.39. The van der Waals surface area contributed by atoms with Crippen molar-refractivity contribution >= 4 is 0 Å². The molecule has 0 spiro atoms. The average Bonchev–Trinajstić information content (AvgIpc) is 2.51. The Morgan fingerprint density at radius 1 is 1.58 bits per heavy atom. The highest BCUT2D eigenvalue weighted by atomic mass is 16.3. The number of hydrogen-bond donors (Lipinski definition) is 1. The Morgan fingerprint density at radius 3 is 2.92 bits per heavy atom. The normalized spacial score (nSPS) is 27.8. The number of aliphatic hydroxyl groups is 1. The third kappa shape index (κ3) is 2.20. The SMILES string of the molecule is CCCC(C)N1CCCC1CO. The Balaban J connectivity index is 2.38. The summed E-state index contributed by atoms with van der Waals surface area (Å²) in [7, 11) is 0. The molecule has 1 fully saturated rings. The summed E-state index contributed by atoms with van der Waals surface area (Å²) >= 11 is 0. The van der Waals surface area contributed by atoms with Crippen molar-refractivity contribution in [3.8, 4) is 0 Å². The number of likely N-dealkylation sites (tertiary alicyclic amines) is 1. The lowest BCUT2D eigenvalue weighted by atomic mass is 10.1. The average molecular weight is 171 g/mol. The van der Waals surface area contributed by atoms with Gasteiger partial charge in [0.2, 0.25) is 0 Å². The van der Waals surface area contributed by atoms with Crippen LogP contribution in [-0.4, -0.2) is 35.2 Å². The van der Waals surface area contributed by atoms with Crippen LogP contribution >= 0.6 is 0 Å². The lowest BCUT2D eigenvalue weighted by Gasteiger charge is -2.29. The van der Waals surface area contributed by atoms with Crippen molar-refractivity contribution < 1.29 is 5.11 Å². The van der Waals surface area contributed by atoms with Crippen molar-refractivity contribution in [3.63, 3.8) is 0 Å². The molecule has 1 heterocycles. The van der Waals surface area contributed by atoms with Gasteiger partial charge in [-0.05, 0) is 32.7 Å². The van der Waals surface area contributed by atoms with Gasteiger partial charge in [-0.15, -0.1) is 0 Å². The molecule has 0 aromatic heterocycles. The molecule has 1 aliphatic rings. The predicted octanol–water partition coefficient (Wildman–Crippen LogP) is 1.63. The molecule has 1 rings (SSSR count). The summed E-state index contributed by atoms with van der Waals surface area (Å²) in [6.45, 7) is 6.03. The van der Waals surface area contributed by atoms with Crippen LogP contribution in [0.25, 0.3) is 0 Å². The number of hydrogen-bond acceptors (Lipinski definition) is 2. The number of aliphatic hydroxyl groups excluding tert-OH is 1. The van der Waals surface area contributed by atoms with Crippen LogP contribution in [0.4, 0.5) is 0 Å². The molecule has 0 amide bonds. The van der Waals surface area contributed by atoms with Gasteiger partial charge in [0, 0.05) is 12.1 Å². The summed E-state index contributed by atoms with van der Waals surface area (Å²) in [5, 5.41) is 9.11. The standard InChI is InChI=1S/C10H21NO/c1-3-5-9(2)11-7-4-6-10(11)8-12/h9-10,12H,3-8H2,1-2H3. The summed E-state index contributed by atoms with van der Waals surface area (Å²) in [5.41, 5.74) is 0. The van der Waals surface area contributed by atoms with E-state index in [9.17, 15) is 0 Å².